The molecule has 0 aromatic carbocycles. The minimum Gasteiger partial charge on any atom is -0.478 e. The van der Waals surface area contributed by atoms with E-state index in [9.17, 15) is 4.79 Å². The van der Waals surface area contributed by atoms with Gasteiger partial charge in [0, 0.05) is 19.1 Å². The van der Waals surface area contributed by atoms with Gasteiger partial charge in [-0.1, -0.05) is 11.8 Å². The molecular weight excluding hydrogens is 216 g/mol. The topological polar surface area (TPSA) is 72.3 Å². The second-order valence-corrected chi connectivity index (χ2v) is 3.86. The maximum atomic E-state index is 10.7. The SMILES string of the molecule is COCCSc1ncc(C(=O)O)c(C)n1. The van der Waals surface area contributed by atoms with Gasteiger partial charge in [-0.2, -0.15) is 0 Å². The minimum absolute atomic E-state index is 0.145. The Balaban J connectivity index is 2.69. The Morgan fingerprint density at radius 1 is 1.67 bits per heavy atom. The third kappa shape index (κ3) is 3.49. The largest absolute Gasteiger partial charge is 0.478 e. The van der Waals surface area contributed by atoms with E-state index in [1.54, 1.807) is 14.0 Å². The molecule has 0 atom stereocenters. The number of thioether (sulfide) groups is 1. The van der Waals surface area contributed by atoms with Gasteiger partial charge in [-0.3, -0.25) is 0 Å². The fourth-order valence-corrected chi connectivity index (χ4v) is 1.70. The van der Waals surface area contributed by atoms with Crippen LogP contribution in [0.2, 0.25) is 0 Å². The molecule has 1 aromatic rings. The molecule has 1 aromatic heterocycles. The van der Waals surface area contributed by atoms with E-state index in [0.717, 1.165) is 5.75 Å². The Bertz CT molecular complexity index is 357. The summed E-state index contributed by atoms with van der Waals surface area (Å²) in [4.78, 5) is 18.7. The molecule has 1 rings (SSSR count). The van der Waals surface area contributed by atoms with E-state index in [1.807, 2.05) is 0 Å². The lowest BCUT2D eigenvalue weighted by atomic mass is 10.2. The van der Waals surface area contributed by atoms with Crippen LogP contribution in [0.1, 0.15) is 16.1 Å². The molecule has 0 aliphatic rings. The van der Waals surface area contributed by atoms with Crippen molar-refractivity contribution in [2.45, 2.75) is 12.1 Å². The van der Waals surface area contributed by atoms with Crippen LogP contribution in [-0.4, -0.2) is 40.5 Å². The van der Waals surface area contributed by atoms with Gasteiger partial charge in [0.1, 0.15) is 0 Å². The maximum Gasteiger partial charge on any atom is 0.339 e. The predicted octanol–water partition coefficient (Wildman–Crippen LogP) is 1.22. The van der Waals surface area contributed by atoms with E-state index in [4.69, 9.17) is 9.84 Å². The van der Waals surface area contributed by atoms with Crippen LogP contribution in [0.25, 0.3) is 0 Å². The van der Waals surface area contributed by atoms with E-state index in [1.165, 1.54) is 18.0 Å². The van der Waals surface area contributed by atoms with Crippen molar-refractivity contribution >= 4 is 17.7 Å². The smallest absolute Gasteiger partial charge is 0.339 e. The average molecular weight is 228 g/mol. The lowest BCUT2D eigenvalue weighted by Crippen LogP contribution is -2.04. The van der Waals surface area contributed by atoms with Crippen molar-refractivity contribution in [1.82, 2.24) is 9.97 Å². The highest BCUT2D eigenvalue weighted by molar-refractivity contribution is 7.99. The summed E-state index contributed by atoms with van der Waals surface area (Å²) in [6.45, 7) is 2.28. The minimum atomic E-state index is -0.999. The molecule has 0 aliphatic heterocycles. The highest BCUT2D eigenvalue weighted by Gasteiger charge is 2.09. The van der Waals surface area contributed by atoms with Crippen LogP contribution < -0.4 is 0 Å². The molecule has 0 amide bonds. The number of methoxy groups -OCH3 is 1. The van der Waals surface area contributed by atoms with Crippen molar-refractivity contribution in [2.75, 3.05) is 19.5 Å². The Labute approximate surface area is 91.9 Å². The van der Waals surface area contributed by atoms with E-state index >= 15 is 0 Å². The summed E-state index contributed by atoms with van der Waals surface area (Å²) in [5.41, 5.74) is 0.628. The Morgan fingerprint density at radius 3 is 2.93 bits per heavy atom. The second kappa shape index (κ2) is 5.67. The number of aryl methyl sites for hydroxylation is 1. The summed E-state index contributed by atoms with van der Waals surface area (Å²) >= 11 is 1.44. The van der Waals surface area contributed by atoms with E-state index in [2.05, 4.69) is 9.97 Å². The van der Waals surface area contributed by atoms with Gasteiger partial charge in [-0.05, 0) is 6.92 Å². The molecular formula is C9H12N2O3S. The molecule has 6 heteroatoms. The molecule has 0 saturated carbocycles. The molecule has 0 spiro atoms. The molecule has 5 nitrogen and oxygen atoms in total. The number of rotatable bonds is 5. The highest BCUT2D eigenvalue weighted by Crippen LogP contribution is 2.14. The number of hydrogen-bond donors (Lipinski definition) is 1. The van der Waals surface area contributed by atoms with Crippen LogP contribution in [0.5, 0.6) is 0 Å². The quantitative estimate of drug-likeness (QED) is 0.464. The zero-order valence-electron chi connectivity index (χ0n) is 8.56. The highest BCUT2D eigenvalue weighted by atomic mass is 32.2. The van der Waals surface area contributed by atoms with Crippen LogP contribution in [0, 0.1) is 6.92 Å². The number of aromatic nitrogens is 2. The first-order valence-corrected chi connectivity index (χ1v) is 5.32. The van der Waals surface area contributed by atoms with Crippen LogP contribution >= 0.6 is 11.8 Å². The van der Waals surface area contributed by atoms with Gasteiger partial charge < -0.3 is 9.84 Å². The first-order valence-electron chi connectivity index (χ1n) is 4.34. The van der Waals surface area contributed by atoms with E-state index < -0.39 is 5.97 Å². The third-order valence-electron chi connectivity index (χ3n) is 1.71. The van der Waals surface area contributed by atoms with Gasteiger partial charge in [0.05, 0.1) is 17.9 Å². The number of carboxylic acids is 1. The number of ether oxygens (including phenoxy) is 1. The first-order chi connectivity index (χ1) is 7.15. The molecule has 0 saturated heterocycles. The molecule has 0 fully saturated rings. The third-order valence-corrected chi connectivity index (χ3v) is 2.53. The summed E-state index contributed by atoms with van der Waals surface area (Å²) in [7, 11) is 1.63. The number of carboxylic acid groups (broad SMARTS) is 1. The van der Waals surface area contributed by atoms with Crippen LogP contribution in [-0.2, 0) is 4.74 Å². The average Bonchev–Trinajstić information content (AvgIpc) is 2.17. The van der Waals surface area contributed by atoms with Crippen LogP contribution in [0.15, 0.2) is 11.4 Å². The van der Waals surface area contributed by atoms with Gasteiger partial charge in [0.25, 0.3) is 0 Å². The standard InChI is InChI=1S/C9H12N2O3S/c1-6-7(8(12)13)5-10-9(11-6)15-4-3-14-2/h5H,3-4H2,1-2H3,(H,12,13). The normalized spacial score (nSPS) is 10.3. The van der Waals surface area contributed by atoms with Crippen molar-refractivity contribution in [3.63, 3.8) is 0 Å². The number of hydrogen-bond acceptors (Lipinski definition) is 5. The predicted molar refractivity (Wildman–Crippen MR) is 56.3 cm³/mol. The molecule has 82 valence electrons. The summed E-state index contributed by atoms with van der Waals surface area (Å²) in [6.07, 6.45) is 1.33. The molecule has 1 N–H and O–H groups in total. The fraction of sp³-hybridized carbons (Fsp3) is 0.444. The monoisotopic (exact) mass is 228 g/mol. The number of carbonyl (C=O) groups is 1. The van der Waals surface area contributed by atoms with Crippen LogP contribution in [0.3, 0.4) is 0 Å². The molecule has 1 heterocycles. The lowest BCUT2D eigenvalue weighted by molar-refractivity contribution is 0.0695. The van der Waals surface area contributed by atoms with Crippen molar-refractivity contribution in [3.05, 3.63) is 17.5 Å². The van der Waals surface area contributed by atoms with Gasteiger partial charge in [0.2, 0.25) is 0 Å². The first kappa shape index (κ1) is 11.9. The molecule has 15 heavy (non-hydrogen) atoms. The maximum absolute atomic E-state index is 10.7. The van der Waals surface area contributed by atoms with Crippen molar-refractivity contribution in [2.24, 2.45) is 0 Å². The zero-order chi connectivity index (χ0) is 11.3. The second-order valence-electron chi connectivity index (χ2n) is 2.80. The summed E-state index contributed by atoms with van der Waals surface area (Å²) in [5, 5.41) is 9.34. The summed E-state index contributed by atoms with van der Waals surface area (Å²) in [5.74, 6) is -0.247. The van der Waals surface area contributed by atoms with Gasteiger partial charge in [0.15, 0.2) is 5.16 Å². The van der Waals surface area contributed by atoms with Crippen molar-refractivity contribution < 1.29 is 14.6 Å². The number of aromatic carboxylic acids is 1. The van der Waals surface area contributed by atoms with E-state index in [0.29, 0.717) is 17.5 Å². The van der Waals surface area contributed by atoms with Crippen molar-refractivity contribution in [3.8, 4) is 0 Å². The Morgan fingerprint density at radius 2 is 2.40 bits per heavy atom. The van der Waals surface area contributed by atoms with Gasteiger partial charge in [-0.25, -0.2) is 14.8 Å². The molecule has 0 unspecified atom stereocenters. The molecule has 0 bridgehead atoms. The summed E-state index contributed by atoms with van der Waals surface area (Å²) < 4.78 is 4.89. The van der Waals surface area contributed by atoms with Gasteiger partial charge in [-0.15, -0.1) is 0 Å². The van der Waals surface area contributed by atoms with Crippen molar-refractivity contribution in [1.29, 1.82) is 0 Å². The van der Waals surface area contributed by atoms with Crippen LogP contribution in [0.4, 0.5) is 0 Å². The van der Waals surface area contributed by atoms with Gasteiger partial charge >= 0.3 is 5.97 Å². The number of nitrogens with zero attached hydrogens (tertiary/aromatic N) is 2. The Hall–Kier alpha value is -1.14. The Kier molecular flexibility index (Phi) is 4.51. The zero-order valence-corrected chi connectivity index (χ0v) is 9.37. The molecule has 0 aliphatic carbocycles. The fourth-order valence-electron chi connectivity index (χ4n) is 0.942. The molecule has 0 radical (unpaired) electrons. The summed E-state index contributed by atoms with van der Waals surface area (Å²) in [6, 6.07) is 0. The van der Waals surface area contributed by atoms with E-state index in [-0.39, 0.29) is 5.56 Å². The lowest BCUT2D eigenvalue weighted by Gasteiger charge is -2.02.